The van der Waals surface area contributed by atoms with Gasteiger partial charge in [-0.05, 0) is 48.2 Å². The van der Waals surface area contributed by atoms with Crippen molar-refractivity contribution < 1.29 is 37.9 Å². The van der Waals surface area contributed by atoms with E-state index in [9.17, 15) is 0 Å². The second kappa shape index (κ2) is 9.70. The fourth-order valence-corrected chi connectivity index (χ4v) is 6.52. The minimum atomic E-state index is -0.527. The maximum atomic E-state index is 6.72. The van der Waals surface area contributed by atoms with Crippen molar-refractivity contribution in [3.8, 4) is 17.2 Å². The zero-order valence-electron chi connectivity index (χ0n) is 20.7. The monoisotopic (exact) mass is 574 g/mol. The van der Waals surface area contributed by atoms with Crippen molar-refractivity contribution in [3.63, 3.8) is 0 Å². The molecule has 0 bridgehead atoms. The quantitative estimate of drug-likeness (QED) is 0.433. The second-order valence-corrected chi connectivity index (χ2v) is 11.3. The van der Waals surface area contributed by atoms with E-state index in [0.29, 0.717) is 13.2 Å². The van der Waals surface area contributed by atoms with Gasteiger partial charge in [-0.1, -0.05) is 34.5 Å². The van der Waals surface area contributed by atoms with E-state index in [-0.39, 0.29) is 43.4 Å². The summed E-state index contributed by atoms with van der Waals surface area (Å²) in [5.74, 6) is 1.75. The van der Waals surface area contributed by atoms with E-state index in [4.69, 9.17) is 37.9 Å². The van der Waals surface area contributed by atoms with Gasteiger partial charge >= 0.3 is 0 Å². The van der Waals surface area contributed by atoms with E-state index in [1.54, 1.807) is 7.11 Å². The van der Waals surface area contributed by atoms with Gasteiger partial charge in [-0.15, -0.1) is 0 Å². The van der Waals surface area contributed by atoms with Gasteiger partial charge in [-0.25, -0.2) is 0 Å². The van der Waals surface area contributed by atoms with Crippen LogP contribution in [-0.2, 0) is 36.9 Å². The number of rotatable bonds is 7. The molecule has 0 aromatic heterocycles. The summed E-state index contributed by atoms with van der Waals surface area (Å²) < 4.78 is 49.9. The Morgan fingerprint density at radius 1 is 0.838 bits per heavy atom. The molecule has 2 saturated carbocycles. The largest absolute Gasteiger partial charge is 0.497 e. The van der Waals surface area contributed by atoms with Gasteiger partial charge in [0.25, 0.3) is 0 Å². The van der Waals surface area contributed by atoms with Crippen LogP contribution >= 0.6 is 15.9 Å². The number of benzene rings is 2. The molecule has 0 unspecified atom stereocenters. The molecule has 1 spiro atoms. The first-order chi connectivity index (χ1) is 18.1. The zero-order chi connectivity index (χ0) is 25.0. The molecule has 2 aromatic rings. The molecule has 7 rings (SSSR count). The Morgan fingerprint density at radius 3 is 2.32 bits per heavy atom. The van der Waals surface area contributed by atoms with Crippen molar-refractivity contribution in [1.29, 1.82) is 0 Å². The lowest BCUT2D eigenvalue weighted by molar-refractivity contribution is -0.212. The summed E-state index contributed by atoms with van der Waals surface area (Å²) >= 11 is 3.65. The molecule has 8 nitrogen and oxygen atoms in total. The predicted octanol–water partition coefficient (Wildman–Crippen LogP) is 4.88. The van der Waals surface area contributed by atoms with Gasteiger partial charge in [0.1, 0.15) is 42.4 Å². The molecule has 0 radical (unpaired) electrons. The molecule has 6 atom stereocenters. The van der Waals surface area contributed by atoms with Gasteiger partial charge in [-0.3, -0.25) is 0 Å². The van der Waals surface area contributed by atoms with Crippen LogP contribution in [0.5, 0.6) is 17.2 Å². The van der Waals surface area contributed by atoms with Crippen molar-refractivity contribution in [2.45, 2.75) is 87.7 Å². The molecule has 2 aliphatic carbocycles. The third-order valence-electron chi connectivity index (χ3n) is 8.07. The van der Waals surface area contributed by atoms with Gasteiger partial charge in [0, 0.05) is 17.3 Å². The summed E-state index contributed by atoms with van der Waals surface area (Å²) in [6.45, 7) is 1.04. The number of hydrogen-bond donors (Lipinski definition) is 0. The normalized spacial score (nSPS) is 32.7. The van der Waals surface area contributed by atoms with E-state index in [2.05, 4.69) is 15.9 Å². The Labute approximate surface area is 224 Å². The number of methoxy groups -OCH3 is 1. The summed E-state index contributed by atoms with van der Waals surface area (Å²) in [4.78, 5) is 0. The summed E-state index contributed by atoms with van der Waals surface area (Å²) in [6.07, 6.45) is 4.17. The highest BCUT2D eigenvalue weighted by atomic mass is 79.9. The molecule has 0 N–H and O–H groups in total. The molecule has 3 heterocycles. The van der Waals surface area contributed by atoms with Crippen LogP contribution in [0.2, 0.25) is 0 Å². The fourth-order valence-electron chi connectivity index (χ4n) is 6.08. The minimum Gasteiger partial charge on any atom is -0.497 e. The van der Waals surface area contributed by atoms with Crippen LogP contribution in [0, 0.1) is 0 Å². The van der Waals surface area contributed by atoms with Crippen molar-refractivity contribution >= 4 is 15.9 Å². The number of ether oxygens (including phenoxy) is 8. The summed E-state index contributed by atoms with van der Waals surface area (Å²) in [5.41, 5.74) is 2.03. The third-order valence-corrected chi connectivity index (χ3v) is 8.81. The molecule has 5 aliphatic rings. The van der Waals surface area contributed by atoms with Crippen LogP contribution < -0.4 is 14.2 Å². The average Bonchev–Trinajstić information content (AvgIpc) is 3.45. The number of halogens is 1. The Balaban J connectivity index is 1.12. The molecule has 2 saturated heterocycles. The molecule has 2 aromatic carbocycles. The molecule has 37 heavy (non-hydrogen) atoms. The lowest BCUT2D eigenvalue weighted by Gasteiger charge is -2.36. The van der Waals surface area contributed by atoms with Crippen LogP contribution in [0.15, 0.2) is 40.9 Å². The smallest absolute Gasteiger partial charge is 0.231 e. The number of epoxide rings is 1. The van der Waals surface area contributed by atoms with E-state index in [1.165, 1.54) is 6.42 Å². The van der Waals surface area contributed by atoms with Gasteiger partial charge in [0.15, 0.2) is 17.3 Å². The lowest BCUT2D eigenvalue weighted by atomic mass is 9.89. The third kappa shape index (κ3) is 4.53. The van der Waals surface area contributed by atoms with Crippen LogP contribution in [0.4, 0.5) is 0 Å². The minimum absolute atomic E-state index is 0.0302. The predicted molar refractivity (Wildman–Crippen MR) is 135 cm³/mol. The Morgan fingerprint density at radius 2 is 1.54 bits per heavy atom. The van der Waals surface area contributed by atoms with Crippen LogP contribution in [0.1, 0.15) is 43.2 Å². The first-order valence-electron chi connectivity index (χ1n) is 13.1. The van der Waals surface area contributed by atoms with E-state index >= 15 is 0 Å². The lowest BCUT2D eigenvalue weighted by Crippen LogP contribution is -2.54. The van der Waals surface area contributed by atoms with E-state index < -0.39 is 5.79 Å². The molecule has 9 heteroatoms. The summed E-state index contributed by atoms with van der Waals surface area (Å²) in [5, 5.41) is 0. The van der Waals surface area contributed by atoms with Crippen molar-refractivity contribution in [3.05, 3.63) is 52.0 Å². The fraction of sp³-hybridized carbons (Fsp3) is 0.571. The Hall–Kier alpha value is -1.88. The van der Waals surface area contributed by atoms with Crippen LogP contribution in [0.3, 0.4) is 0 Å². The highest BCUT2D eigenvalue weighted by molar-refractivity contribution is 9.10. The first kappa shape index (κ1) is 24.2. The number of hydrogen-bond acceptors (Lipinski definition) is 8. The van der Waals surface area contributed by atoms with E-state index in [1.807, 2.05) is 36.4 Å². The maximum Gasteiger partial charge on any atom is 0.231 e. The molecular weight excluding hydrogens is 544 g/mol. The summed E-state index contributed by atoms with van der Waals surface area (Å²) in [6, 6.07) is 11.8. The van der Waals surface area contributed by atoms with Gasteiger partial charge < -0.3 is 37.9 Å². The van der Waals surface area contributed by atoms with Gasteiger partial charge in [0.2, 0.25) is 6.79 Å². The van der Waals surface area contributed by atoms with E-state index in [0.717, 1.165) is 58.5 Å². The van der Waals surface area contributed by atoms with Crippen molar-refractivity contribution in [2.24, 2.45) is 0 Å². The standard InChI is InChI=1S/C28H31BrO8/c1-30-18-7-5-16(6-8-18)13-31-23-22(32-14-17-11-20-21(12-19(17)29)34-15-33-20)24-25(35-24)27-26(23)36-28(37-27)9-3-2-4-10-28/h5-8,11-12,22-27H,2-4,9-10,13-15H2,1H3/t22-,23-,24+,25+,26+,27-/m0/s1. The molecule has 3 aliphatic heterocycles. The first-order valence-corrected chi connectivity index (χ1v) is 13.9. The van der Waals surface area contributed by atoms with Gasteiger partial charge in [-0.2, -0.15) is 0 Å². The van der Waals surface area contributed by atoms with Crippen LogP contribution in [-0.4, -0.2) is 56.3 Å². The topological polar surface area (TPSA) is 77.1 Å². The Kier molecular flexibility index (Phi) is 6.34. The summed E-state index contributed by atoms with van der Waals surface area (Å²) in [7, 11) is 1.67. The Bertz CT molecular complexity index is 1130. The SMILES string of the molecule is COc1ccc(CO[C@H]2[C@H](OCc3cc4c(cc3Br)OCO4)[C@H]3O[C@H]3[C@@H]3OC4(CCCCC4)O[C@H]23)cc1. The van der Waals surface area contributed by atoms with Crippen molar-refractivity contribution in [2.75, 3.05) is 13.9 Å². The average molecular weight is 575 g/mol. The second-order valence-electron chi connectivity index (χ2n) is 10.4. The molecule has 198 valence electrons. The molecule has 4 fully saturated rings. The molecule has 0 amide bonds. The van der Waals surface area contributed by atoms with Crippen LogP contribution in [0.25, 0.3) is 0 Å². The van der Waals surface area contributed by atoms with Gasteiger partial charge in [0.05, 0.1) is 20.3 Å². The molecular formula is C28H31BrO8. The zero-order valence-corrected chi connectivity index (χ0v) is 22.3. The number of fused-ring (bicyclic) bond motifs is 4. The van der Waals surface area contributed by atoms with Crippen molar-refractivity contribution in [1.82, 2.24) is 0 Å². The highest BCUT2D eigenvalue weighted by Gasteiger charge is 2.68. The maximum absolute atomic E-state index is 6.72. The highest BCUT2D eigenvalue weighted by Crippen LogP contribution is 2.52.